The number of amides is 2. The lowest BCUT2D eigenvalue weighted by Gasteiger charge is -2.31. The van der Waals surface area contributed by atoms with Crippen molar-refractivity contribution >= 4 is 6.03 Å². The summed E-state index contributed by atoms with van der Waals surface area (Å²) in [7, 11) is 1.52. The molecular formula is C18H22N4O3. The number of hydrogen-bond acceptors (Lipinski definition) is 5. The zero-order chi connectivity index (χ0) is 17.5. The van der Waals surface area contributed by atoms with Gasteiger partial charge in [0.15, 0.2) is 0 Å². The highest BCUT2D eigenvalue weighted by atomic mass is 16.5. The first-order chi connectivity index (χ1) is 12.2. The molecule has 0 spiro atoms. The maximum Gasteiger partial charge on any atom is 0.319 e. The number of benzene rings is 1. The Hall–Kier alpha value is -2.83. The fourth-order valence-electron chi connectivity index (χ4n) is 2.72. The number of nitrogens with one attached hydrogen (secondary N) is 1. The number of carbonyl (C=O) groups excluding carboxylic acids is 1. The number of rotatable bonds is 5. The number of piperidine rings is 1. The molecule has 25 heavy (non-hydrogen) atoms. The Morgan fingerprint density at radius 2 is 2.00 bits per heavy atom. The summed E-state index contributed by atoms with van der Waals surface area (Å²) in [5, 5.41) is 2.96. The molecule has 2 amide bonds. The van der Waals surface area contributed by atoms with Crippen LogP contribution in [-0.4, -0.2) is 47.2 Å². The second kappa shape index (κ2) is 8.32. The van der Waals surface area contributed by atoms with Crippen LogP contribution < -0.4 is 14.8 Å². The van der Waals surface area contributed by atoms with Gasteiger partial charge in [0.25, 0.3) is 0 Å². The van der Waals surface area contributed by atoms with E-state index in [9.17, 15) is 4.79 Å². The summed E-state index contributed by atoms with van der Waals surface area (Å²) in [6.45, 7) is 1.86. The Morgan fingerprint density at radius 1 is 1.24 bits per heavy atom. The summed E-state index contributed by atoms with van der Waals surface area (Å²) >= 11 is 0. The average molecular weight is 342 g/mol. The number of carbonyl (C=O) groups is 1. The molecule has 1 aromatic heterocycles. The third kappa shape index (κ3) is 4.82. The fraction of sp³-hybridized carbons (Fsp3) is 0.389. The van der Waals surface area contributed by atoms with E-state index < -0.39 is 0 Å². The number of likely N-dealkylation sites (tertiary alicyclic amines) is 1. The minimum Gasteiger partial charge on any atom is -0.474 e. The van der Waals surface area contributed by atoms with Crippen LogP contribution in [0.2, 0.25) is 0 Å². The second-order valence-corrected chi connectivity index (χ2v) is 5.83. The van der Waals surface area contributed by atoms with Gasteiger partial charge in [0, 0.05) is 44.7 Å². The zero-order valence-electron chi connectivity index (χ0n) is 14.2. The predicted octanol–water partition coefficient (Wildman–Crippen LogP) is 2.24. The van der Waals surface area contributed by atoms with E-state index in [1.54, 1.807) is 12.3 Å². The number of aromatic nitrogens is 2. The van der Waals surface area contributed by atoms with Crippen molar-refractivity contribution in [3.05, 3.63) is 48.2 Å². The minimum atomic E-state index is -0.0361. The van der Waals surface area contributed by atoms with Gasteiger partial charge in [0.2, 0.25) is 5.88 Å². The Kier molecular flexibility index (Phi) is 5.66. The van der Waals surface area contributed by atoms with Crippen LogP contribution in [0.4, 0.5) is 4.79 Å². The van der Waals surface area contributed by atoms with Crippen LogP contribution >= 0.6 is 0 Å². The molecule has 1 aliphatic rings. The molecule has 1 N–H and O–H groups in total. The molecule has 1 aliphatic heterocycles. The first-order valence-corrected chi connectivity index (χ1v) is 8.35. The monoisotopic (exact) mass is 342 g/mol. The van der Waals surface area contributed by atoms with Crippen molar-refractivity contribution < 1.29 is 14.3 Å². The highest BCUT2D eigenvalue weighted by Crippen LogP contribution is 2.18. The summed E-state index contributed by atoms with van der Waals surface area (Å²) in [6, 6.07) is 11.8. The van der Waals surface area contributed by atoms with E-state index in [4.69, 9.17) is 9.47 Å². The van der Waals surface area contributed by atoms with E-state index in [0.29, 0.717) is 25.5 Å². The van der Waals surface area contributed by atoms with Crippen molar-refractivity contribution in [2.24, 2.45) is 0 Å². The highest BCUT2D eigenvalue weighted by Gasteiger charge is 2.24. The molecule has 2 heterocycles. The molecule has 0 aliphatic carbocycles. The van der Waals surface area contributed by atoms with Crippen LogP contribution in [0, 0.1) is 0 Å². The first-order valence-electron chi connectivity index (χ1n) is 8.35. The lowest BCUT2D eigenvalue weighted by molar-refractivity contribution is 0.106. The number of ether oxygens (including phenoxy) is 2. The Bertz CT molecular complexity index is 688. The summed E-state index contributed by atoms with van der Waals surface area (Å²) in [5.74, 6) is 0.499. The van der Waals surface area contributed by atoms with Crippen LogP contribution in [-0.2, 0) is 6.54 Å². The van der Waals surface area contributed by atoms with Gasteiger partial charge in [-0.25, -0.2) is 9.78 Å². The van der Waals surface area contributed by atoms with Crippen molar-refractivity contribution in [3.8, 4) is 11.9 Å². The van der Waals surface area contributed by atoms with Gasteiger partial charge in [-0.2, -0.15) is 4.98 Å². The third-order valence-corrected chi connectivity index (χ3v) is 4.09. The maximum absolute atomic E-state index is 12.3. The lowest BCUT2D eigenvalue weighted by Crippen LogP contribution is -2.46. The summed E-state index contributed by atoms with van der Waals surface area (Å²) in [5.41, 5.74) is 1.09. The van der Waals surface area contributed by atoms with Crippen LogP contribution in [0.25, 0.3) is 0 Å². The Balaban J connectivity index is 1.44. The molecule has 0 atom stereocenters. The predicted molar refractivity (Wildman–Crippen MR) is 92.5 cm³/mol. The van der Waals surface area contributed by atoms with Gasteiger partial charge in [-0.15, -0.1) is 0 Å². The van der Waals surface area contributed by atoms with Gasteiger partial charge in [0.05, 0.1) is 7.11 Å². The molecule has 0 radical (unpaired) electrons. The van der Waals surface area contributed by atoms with Crippen molar-refractivity contribution in [2.75, 3.05) is 20.2 Å². The molecule has 2 aromatic rings. The quantitative estimate of drug-likeness (QED) is 0.902. The molecule has 0 bridgehead atoms. The van der Waals surface area contributed by atoms with E-state index in [0.717, 1.165) is 18.4 Å². The Morgan fingerprint density at radius 3 is 2.72 bits per heavy atom. The molecule has 132 valence electrons. The fourth-order valence-corrected chi connectivity index (χ4v) is 2.72. The number of hydrogen-bond donors (Lipinski definition) is 1. The summed E-state index contributed by atoms with van der Waals surface area (Å²) in [6.07, 6.45) is 3.18. The summed E-state index contributed by atoms with van der Waals surface area (Å²) < 4.78 is 10.9. The van der Waals surface area contributed by atoms with Gasteiger partial charge >= 0.3 is 12.0 Å². The van der Waals surface area contributed by atoms with Crippen molar-refractivity contribution in [2.45, 2.75) is 25.5 Å². The van der Waals surface area contributed by atoms with Gasteiger partial charge in [0.1, 0.15) is 6.10 Å². The standard InChI is InChI=1S/C18H22N4O3/c1-24-17-19-10-7-16(21-17)25-15-8-11-22(12-9-15)18(23)20-13-14-5-3-2-4-6-14/h2-7,10,15H,8-9,11-13H2,1H3,(H,20,23). The van der Waals surface area contributed by atoms with Gasteiger partial charge in [-0.1, -0.05) is 30.3 Å². The van der Waals surface area contributed by atoms with Gasteiger partial charge in [-0.05, 0) is 5.56 Å². The van der Waals surface area contributed by atoms with E-state index in [2.05, 4.69) is 15.3 Å². The first kappa shape index (κ1) is 17.0. The molecular weight excluding hydrogens is 320 g/mol. The van der Waals surface area contributed by atoms with E-state index in [1.165, 1.54) is 7.11 Å². The SMILES string of the molecule is COc1nccc(OC2CCN(C(=O)NCc3ccccc3)CC2)n1. The lowest BCUT2D eigenvalue weighted by atomic mass is 10.1. The number of nitrogens with zero attached hydrogens (tertiary/aromatic N) is 3. The second-order valence-electron chi connectivity index (χ2n) is 5.83. The van der Waals surface area contributed by atoms with Gasteiger partial charge in [-0.3, -0.25) is 0 Å². The van der Waals surface area contributed by atoms with Crippen LogP contribution in [0.5, 0.6) is 11.9 Å². The van der Waals surface area contributed by atoms with Crippen molar-refractivity contribution in [3.63, 3.8) is 0 Å². The van der Waals surface area contributed by atoms with E-state index in [1.807, 2.05) is 35.2 Å². The van der Waals surface area contributed by atoms with Gasteiger partial charge < -0.3 is 19.7 Å². The maximum atomic E-state index is 12.3. The van der Waals surface area contributed by atoms with Crippen molar-refractivity contribution in [1.29, 1.82) is 0 Å². The summed E-state index contributed by atoms with van der Waals surface area (Å²) in [4.78, 5) is 22.2. The minimum absolute atomic E-state index is 0.0361. The largest absolute Gasteiger partial charge is 0.474 e. The van der Waals surface area contributed by atoms with Crippen molar-refractivity contribution in [1.82, 2.24) is 20.2 Å². The molecule has 1 fully saturated rings. The normalized spacial score (nSPS) is 14.8. The number of urea groups is 1. The van der Waals surface area contributed by atoms with Crippen LogP contribution in [0.3, 0.4) is 0 Å². The number of methoxy groups -OCH3 is 1. The molecule has 1 aromatic carbocycles. The highest BCUT2D eigenvalue weighted by molar-refractivity contribution is 5.74. The van der Waals surface area contributed by atoms with Crippen LogP contribution in [0.15, 0.2) is 42.6 Å². The molecule has 3 rings (SSSR count). The average Bonchev–Trinajstić information content (AvgIpc) is 2.67. The molecule has 0 saturated carbocycles. The molecule has 0 unspecified atom stereocenters. The van der Waals surface area contributed by atoms with Crippen LogP contribution in [0.1, 0.15) is 18.4 Å². The molecule has 7 heteroatoms. The topological polar surface area (TPSA) is 76.6 Å². The zero-order valence-corrected chi connectivity index (χ0v) is 14.2. The smallest absolute Gasteiger partial charge is 0.319 e. The van der Waals surface area contributed by atoms with E-state index >= 15 is 0 Å². The van der Waals surface area contributed by atoms with E-state index in [-0.39, 0.29) is 18.1 Å². The Labute approximate surface area is 147 Å². The third-order valence-electron chi connectivity index (χ3n) is 4.09. The molecule has 1 saturated heterocycles. The molecule has 7 nitrogen and oxygen atoms in total.